The summed E-state index contributed by atoms with van der Waals surface area (Å²) in [6.07, 6.45) is 5.10. The minimum atomic E-state index is -3.19. The number of thioether (sulfide) groups is 1. The number of rotatable bonds is 4. The molecule has 0 spiro atoms. The third kappa shape index (κ3) is 3.33. The molecule has 4 nitrogen and oxygen atoms in total. The van der Waals surface area contributed by atoms with Gasteiger partial charge < -0.3 is 0 Å². The number of hydrogen-bond acceptors (Lipinski definition) is 4. The van der Waals surface area contributed by atoms with E-state index in [2.05, 4.69) is 34.5 Å². The van der Waals surface area contributed by atoms with E-state index in [1.54, 1.807) is 36.0 Å². The fourth-order valence-corrected chi connectivity index (χ4v) is 3.40. The summed E-state index contributed by atoms with van der Waals surface area (Å²) in [5, 5.41) is 7.21. The van der Waals surface area contributed by atoms with Crippen molar-refractivity contribution < 1.29 is 8.42 Å². The molecular formula is C17H16N2O2S2. The Hall–Kier alpha value is -2.05. The lowest BCUT2D eigenvalue weighted by molar-refractivity contribution is 0.602. The zero-order valence-electron chi connectivity index (χ0n) is 12.8. The molecule has 3 aromatic rings. The van der Waals surface area contributed by atoms with Crippen molar-refractivity contribution in [2.45, 2.75) is 9.79 Å². The Morgan fingerprint density at radius 3 is 2.13 bits per heavy atom. The van der Waals surface area contributed by atoms with Gasteiger partial charge >= 0.3 is 0 Å². The lowest BCUT2D eigenvalue weighted by atomic mass is 10.0. The Kier molecular flexibility index (Phi) is 4.28. The summed E-state index contributed by atoms with van der Waals surface area (Å²) in [5.74, 6) is 0. The third-order valence-electron chi connectivity index (χ3n) is 3.60. The van der Waals surface area contributed by atoms with Gasteiger partial charge in [-0.2, -0.15) is 5.10 Å². The predicted molar refractivity (Wildman–Crippen MR) is 94.4 cm³/mol. The largest absolute Gasteiger partial charge is 0.284 e. The Bertz CT molecular complexity index is 912. The molecule has 6 heteroatoms. The van der Waals surface area contributed by atoms with Crippen LogP contribution in [0.15, 0.2) is 64.5 Å². The first-order chi connectivity index (χ1) is 11.0. The van der Waals surface area contributed by atoms with E-state index in [4.69, 9.17) is 0 Å². The summed E-state index contributed by atoms with van der Waals surface area (Å²) in [5.41, 5.74) is 3.74. The van der Waals surface area contributed by atoms with Crippen LogP contribution in [0.3, 0.4) is 0 Å². The summed E-state index contributed by atoms with van der Waals surface area (Å²) in [6, 6.07) is 15.1. The van der Waals surface area contributed by atoms with E-state index >= 15 is 0 Å². The third-order valence-corrected chi connectivity index (χ3v) is 5.47. The van der Waals surface area contributed by atoms with Crippen molar-refractivity contribution in [2.75, 3.05) is 12.5 Å². The maximum absolute atomic E-state index is 11.6. The fourth-order valence-electron chi connectivity index (χ4n) is 2.36. The molecule has 0 aliphatic rings. The van der Waals surface area contributed by atoms with Crippen LogP contribution >= 0.6 is 11.8 Å². The smallest absolute Gasteiger partial charge is 0.175 e. The van der Waals surface area contributed by atoms with E-state index in [-0.39, 0.29) is 0 Å². The van der Waals surface area contributed by atoms with Crippen LogP contribution in [0.4, 0.5) is 0 Å². The Labute approximate surface area is 139 Å². The Balaban J connectivity index is 2.00. The normalized spacial score (nSPS) is 11.6. The first-order valence-corrected chi connectivity index (χ1v) is 10.1. The van der Waals surface area contributed by atoms with E-state index in [1.807, 2.05) is 12.5 Å². The second kappa shape index (κ2) is 6.22. The molecule has 118 valence electrons. The van der Waals surface area contributed by atoms with Gasteiger partial charge in [0.1, 0.15) is 0 Å². The molecule has 2 aromatic carbocycles. The van der Waals surface area contributed by atoms with Gasteiger partial charge in [-0.3, -0.25) is 5.10 Å². The second-order valence-electron chi connectivity index (χ2n) is 5.17. The zero-order valence-corrected chi connectivity index (χ0v) is 14.4. The molecule has 0 aliphatic carbocycles. The molecule has 0 saturated carbocycles. The number of hydrogen-bond donors (Lipinski definition) is 1. The lowest BCUT2D eigenvalue weighted by Gasteiger charge is -2.05. The zero-order chi connectivity index (χ0) is 16.4. The van der Waals surface area contributed by atoms with Crippen molar-refractivity contribution in [3.05, 3.63) is 54.7 Å². The van der Waals surface area contributed by atoms with Crippen LogP contribution in [0.5, 0.6) is 0 Å². The summed E-state index contributed by atoms with van der Waals surface area (Å²) < 4.78 is 23.1. The summed E-state index contributed by atoms with van der Waals surface area (Å²) in [6.45, 7) is 0. The van der Waals surface area contributed by atoms with Crippen LogP contribution in [-0.2, 0) is 9.84 Å². The quantitative estimate of drug-likeness (QED) is 0.730. The van der Waals surface area contributed by atoms with E-state index in [0.29, 0.717) is 4.90 Å². The highest BCUT2D eigenvalue weighted by Crippen LogP contribution is 2.31. The molecular weight excluding hydrogens is 328 g/mol. The fraction of sp³-hybridized carbons (Fsp3) is 0.118. The van der Waals surface area contributed by atoms with Gasteiger partial charge in [-0.25, -0.2) is 8.42 Å². The number of benzene rings is 2. The molecule has 3 rings (SSSR count). The molecule has 1 N–H and O–H groups in total. The second-order valence-corrected chi connectivity index (χ2v) is 8.07. The van der Waals surface area contributed by atoms with Crippen molar-refractivity contribution in [3.8, 4) is 22.4 Å². The summed E-state index contributed by atoms with van der Waals surface area (Å²) in [7, 11) is -3.19. The van der Waals surface area contributed by atoms with Crippen LogP contribution < -0.4 is 0 Å². The van der Waals surface area contributed by atoms with Gasteiger partial charge in [0.25, 0.3) is 0 Å². The van der Waals surface area contributed by atoms with Gasteiger partial charge in [0.15, 0.2) is 9.84 Å². The maximum Gasteiger partial charge on any atom is 0.175 e. The molecule has 0 saturated heterocycles. The number of aromatic nitrogens is 2. The Morgan fingerprint density at radius 2 is 1.57 bits per heavy atom. The molecule has 0 unspecified atom stereocenters. The number of nitrogens with one attached hydrogen (secondary N) is 1. The summed E-state index contributed by atoms with van der Waals surface area (Å²) in [4.78, 5) is 1.51. The van der Waals surface area contributed by atoms with Gasteiger partial charge in [-0.05, 0) is 36.1 Å². The molecule has 0 fully saturated rings. The van der Waals surface area contributed by atoms with Crippen molar-refractivity contribution in [2.24, 2.45) is 0 Å². The minimum Gasteiger partial charge on any atom is -0.284 e. The molecule has 0 amide bonds. The lowest BCUT2D eigenvalue weighted by Crippen LogP contribution is -1.96. The van der Waals surface area contributed by atoms with Crippen LogP contribution in [0.2, 0.25) is 0 Å². The van der Waals surface area contributed by atoms with Crippen LogP contribution in [0, 0.1) is 0 Å². The number of H-pyrrole nitrogens is 1. The SMILES string of the molecule is CSc1ccc(-c2c[nH]nc2-c2ccc(S(C)(=O)=O)cc2)cc1. The Morgan fingerprint density at radius 1 is 0.957 bits per heavy atom. The molecule has 0 aliphatic heterocycles. The van der Waals surface area contributed by atoms with Crippen LogP contribution in [0.1, 0.15) is 0 Å². The van der Waals surface area contributed by atoms with Crippen LogP contribution in [-0.4, -0.2) is 31.1 Å². The van der Waals surface area contributed by atoms with Crippen molar-refractivity contribution >= 4 is 21.6 Å². The topological polar surface area (TPSA) is 62.8 Å². The van der Waals surface area contributed by atoms with Crippen LogP contribution in [0.25, 0.3) is 22.4 Å². The molecule has 0 bridgehead atoms. The van der Waals surface area contributed by atoms with E-state index in [0.717, 1.165) is 22.4 Å². The van der Waals surface area contributed by atoms with E-state index < -0.39 is 9.84 Å². The standard InChI is InChI=1S/C17H16N2O2S2/c1-22-14-7-3-12(4-8-14)16-11-18-19-17(16)13-5-9-15(10-6-13)23(2,20)21/h3-11H,1-2H3,(H,18,19). The number of nitrogens with zero attached hydrogens (tertiary/aromatic N) is 1. The average molecular weight is 344 g/mol. The van der Waals surface area contributed by atoms with Crippen molar-refractivity contribution in [3.63, 3.8) is 0 Å². The molecule has 1 aromatic heterocycles. The van der Waals surface area contributed by atoms with Crippen molar-refractivity contribution in [1.82, 2.24) is 10.2 Å². The van der Waals surface area contributed by atoms with Gasteiger partial charge in [0.05, 0.1) is 10.6 Å². The molecule has 23 heavy (non-hydrogen) atoms. The van der Waals surface area contributed by atoms with Gasteiger partial charge in [-0.1, -0.05) is 24.3 Å². The van der Waals surface area contributed by atoms with Gasteiger partial charge in [0, 0.05) is 28.5 Å². The van der Waals surface area contributed by atoms with Crippen molar-refractivity contribution in [1.29, 1.82) is 0 Å². The average Bonchev–Trinajstić information content (AvgIpc) is 3.04. The highest BCUT2D eigenvalue weighted by atomic mass is 32.2. The van der Waals surface area contributed by atoms with Gasteiger partial charge in [-0.15, -0.1) is 11.8 Å². The van der Waals surface area contributed by atoms with E-state index in [1.165, 1.54) is 11.2 Å². The maximum atomic E-state index is 11.6. The monoisotopic (exact) mass is 344 g/mol. The van der Waals surface area contributed by atoms with Gasteiger partial charge in [0.2, 0.25) is 0 Å². The number of aromatic amines is 1. The molecule has 0 atom stereocenters. The van der Waals surface area contributed by atoms with E-state index in [9.17, 15) is 8.42 Å². The molecule has 1 heterocycles. The summed E-state index contributed by atoms with van der Waals surface area (Å²) >= 11 is 1.70. The number of sulfone groups is 1. The predicted octanol–water partition coefficient (Wildman–Crippen LogP) is 3.87. The molecule has 0 radical (unpaired) electrons. The first-order valence-electron chi connectivity index (χ1n) is 6.98. The highest BCUT2D eigenvalue weighted by molar-refractivity contribution is 7.98. The first kappa shape index (κ1) is 15.8. The minimum absolute atomic E-state index is 0.308. The highest BCUT2D eigenvalue weighted by Gasteiger charge is 2.12.